The van der Waals surface area contributed by atoms with Crippen molar-refractivity contribution < 1.29 is 14.6 Å². The highest BCUT2D eigenvalue weighted by atomic mass is 16.5. The molecule has 1 saturated heterocycles. The summed E-state index contributed by atoms with van der Waals surface area (Å²) in [5.41, 5.74) is 3.88. The molecular formula is C25H33N3O3. The Morgan fingerprint density at radius 3 is 2.84 bits per heavy atom. The van der Waals surface area contributed by atoms with Gasteiger partial charge in [0.1, 0.15) is 5.75 Å². The number of benzene rings is 2. The van der Waals surface area contributed by atoms with Gasteiger partial charge in [0.2, 0.25) is 0 Å². The predicted molar refractivity (Wildman–Crippen MR) is 121 cm³/mol. The fourth-order valence-electron chi connectivity index (χ4n) is 4.57. The zero-order chi connectivity index (χ0) is 21.5. The van der Waals surface area contributed by atoms with E-state index in [9.17, 15) is 9.90 Å². The van der Waals surface area contributed by atoms with Crippen molar-refractivity contribution in [1.82, 2.24) is 15.5 Å². The lowest BCUT2D eigenvalue weighted by atomic mass is 9.91. The Labute approximate surface area is 184 Å². The minimum atomic E-state index is -0.602. The Bertz CT molecular complexity index is 867. The lowest BCUT2D eigenvalue weighted by Gasteiger charge is -2.30. The number of fused-ring (bicyclic) bond motifs is 1. The number of carbonyl (C=O) groups excluding carboxylic acids is 1. The minimum Gasteiger partial charge on any atom is -0.483 e. The second-order valence-electron chi connectivity index (χ2n) is 8.58. The third-order valence-corrected chi connectivity index (χ3v) is 6.23. The number of rotatable bonds is 8. The van der Waals surface area contributed by atoms with E-state index >= 15 is 0 Å². The lowest BCUT2D eigenvalue weighted by molar-refractivity contribution is -0.123. The zero-order valence-electron chi connectivity index (χ0n) is 18.1. The standard InChI is InChI=1S/C25H33N3O3/c29-22(17-28-13-11-19-6-1-2-7-21(19)16-28)15-27-25(30)18-31-24-10-4-3-9-23(24)20-8-5-12-26-14-20/h1-4,6-7,9-10,20,22,26,29H,5,8,11-18H2,(H,27,30)/t20-,22+/m1/s1. The highest BCUT2D eigenvalue weighted by Gasteiger charge is 2.20. The molecule has 0 bridgehead atoms. The molecule has 6 nitrogen and oxygen atoms in total. The molecule has 2 aliphatic heterocycles. The summed E-state index contributed by atoms with van der Waals surface area (Å²) in [6.45, 7) is 4.52. The van der Waals surface area contributed by atoms with Gasteiger partial charge in [-0.1, -0.05) is 42.5 Å². The first-order valence-electron chi connectivity index (χ1n) is 11.4. The molecule has 0 saturated carbocycles. The fraction of sp³-hybridized carbons (Fsp3) is 0.480. The van der Waals surface area contributed by atoms with Gasteiger partial charge in [0.25, 0.3) is 5.91 Å². The molecule has 2 heterocycles. The van der Waals surface area contributed by atoms with Crippen LogP contribution in [0, 0.1) is 0 Å². The molecule has 3 N–H and O–H groups in total. The molecule has 1 amide bonds. The number of piperidine rings is 1. The molecule has 2 aromatic rings. The largest absolute Gasteiger partial charge is 0.483 e. The van der Waals surface area contributed by atoms with Gasteiger partial charge in [-0.2, -0.15) is 0 Å². The topological polar surface area (TPSA) is 73.8 Å². The van der Waals surface area contributed by atoms with E-state index in [1.165, 1.54) is 11.1 Å². The van der Waals surface area contributed by atoms with Crippen LogP contribution < -0.4 is 15.4 Å². The minimum absolute atomic E-state index is 0.0407. The summed E-state index contributed by atoms with van der Waals surface area (Å²) in [4.78, 5) is 14.5. The maximum absolute atomic E-state index is 12.3. The Morgan fingerprint density at radius 2 is 2.00 bits per heavy atom. The van der Waals surface area contributed by atoms with E-state index in [-0.39, 0.29) is 19.1 Å². The van der Waals surface area contributed by atoms with Crippen molar-refractivity contribution in [3.05, 3.63) is 65.2 Å². The molecule has 1 fully saturated rings. The van der Waals surface area contributed by atoms with E-state index < -0.39 is 6.10 Å². The van der Waals surface area contributed by atoms with E-state index in [0.29, 0.717) is 12.5 Å². The van der Waals surface area contributed by atoms with Gasteiger partial charge in [-0.15, -0.1) is 0 Å². The summed E-state index contributed by atoms with van der Waals surface area (Å²) in [5.74, 6) is 0.989. The number of aliphatic hydroxyl groups is 1. The number of hydrogen-bond acceptors (Lipinski definition) is 5. The van der Waals surface area contributed by atoms with E-state index in [0.717, 1.165) is 56.8 Å². The number of hydrogen-bond donors (Lipinski definition) is 3. The molecule has 166 valence electrons. The second-order valence-corrected chi connectivity index (χ2v) is 8.58. The SMILES string of the molecule is O=C(COc1ccccc1[C@@H]1CCCNC1)NC[C@H](O)CN1CCc2ccccc2C1. The summed E-state index contributed by atoms with van der Waals surface area (Å²) in [6.07, 6.45) is 2.68. The number of ether oxygens (including phenoxy) is 1. The molecule has 4 rings (SSSR count). The quantitative estimate of drug-likeness (QED) is 0.606. The highest BCUT2D eigenvalue weighted by Crippen LogP contribution is 2.30. The first-order chi connectivity index (χ1) is 15.2. The molecule has 2 aromatic carbocycles. The van der Waals surface area contributed by atoms with Gasteiger partial charge in [-0.25, -0.2) is 0 Å². The van der Waals surface area contributed by atoms with Gasteiger partial charge in [0, 0.05) is 38.6 Å². The smallest absolute Gasteiger partial charge is 0.258 e. The van der Waals surface area contributed by atoms with Crippen molar-refractivity contribution in [2.24, 2.45) is 0 Å². The van der Waals surface area contributed by atoms with Gasteiger partial charge in [0.15, 0.2) is 6.61 Å². The van der Waals surface area contributed by atoms with Crippen molar-refractivity contribution in [2.75, 3.05) is 39.3 Å². The Balaban J connectivity index is 1.20. The van der Waals surface area contributed by atoms with Crippen molar-refractivity contribution >= 4 is 5.91 Å². The van der Waals surface area contributed by atoms with Gasteiger partial charge >= 0.3 is 0 Å². The Morgan fingerprint density at radius 1 is 1.19 bits per heavy atom. The van der Waals surface area contributed by atoms with Gasteiger partial charge in [0.05, 0.1) is 6.10 Å². The molecule has 0 radical (unpaired) electrons. The van der Waals surface area contributed by atoms with Crippen LogP contribution in [0.15, 0.2) is 48.5 Å². The van der Waals surface area contributed by atoms with Gasteiger partial charge in [-0.3, -0.25) is 9.69 Å². The number of nitrogens with one attached hydrogen (secondary N) is 2. The number of para-hydroxylation sites is 1. The van der Waals surface area contributed by atoms with E-state index in [1.54, 1.807) is 0 Å². The normalized spacial score (nSPS) is 20.0. The molecule has 0 aliphatic carbocycles. The summed E-state index contributed by atoms with van der Waals surface area (Å²) < 4.78 is 5.84. The van der Waals surface area contributed by atoms with Crippen molar-refractivity contribution in [2.45, 2.75) is 37.8 Å². The molecule has 31 heavy (non-hydrogen) atoms. The molecular weight excluding hydrogens is 390 g/mol. The van der Waals surface area contributed by atoms with Crippen LogP contribution in [-0.2, 0) is 17.8 Å². The van der Waals surface area contributed by atoms with E-state index in [1.807, 2.05) is 18.2 Å². The third-order valence-electron chi connectivity index (χ3n) is 6.23. The van der Waals surface area contributed by atoms with Crippen LogP contribution in [0.25, 0.3) is 0 Å². The van der Waals surface area contributed by atoms with Crippen molar-refractivity contribution in [3.63, 3.8) is 0 Å². The first-order valence-corrected chi connectivity index (χ1v) is 11.4. The summed E-state index contributed by atoms with van der Waals surface area (Å²) >= 11 is 0. The highest BCUT2D eigenvalue weighted by molar-refractivity contribution is 5.77. The van der Waals surface area contributed by atoms with Gasteiger partial charge < -0.3 is 20.5 Å². The maximum Gasteiger partial charge on any atom is 0.258 e. The maximum atomic E-state index is 12.3. The van der Waals surface area contributed by atoms with E-state index in [4.69, 9.17) is 4.74 Å². The zero-order valence-corrected chi connectivity index (χ0v) is 18.1. The van der Waals surface area contributed by atoms with Gasteiger partial charge in [-0.05, 0) is 48.6 Å². The Kier molecular flexibility index (Phi) is 7.57. The molecule has 2 aliphatic rings. The lowest BCUT2D eigenvalue weighted by Crippen LogP contribution is -2.42. The number of β-amino-alcohol motifs (C(OH)–C–C–N with tert-alkyl or cyclic N) is 1. The summed E-state index contributed by atoms with van der Waals surface area (Å²) in [6, 6.07) is 16.4. The summed E-state index contributed by atoms with van der Waals surface area (Å²) in [7, 11) is 0. The van der Waals surface area contributed by atoms with Crippen molar-refractivity contribution in [1.29, 1.82) is 0 Å². The van der Waals surface area contributed by atoms with Crippen LogP contribution in [0.1, 0.15) is 35.4 Å². The van der Waals surface area contributed by atoms with Crippen LogP contribution in [-0.4, -0.2) is 61.3 Å². The number of nitrogens with zero attached hydrogens (tertiary/aromatic N) is 1. The first kappa shape index (κ1) is 21.8. The second kappa shape index (κ2) is 10.8. The average Bonchev–Trinajstić information content (AvgIpc) is 2.82. The average molecular weight is 424 g/mol. The van der Waals surface area contributed by atoms with Crippen LogP contribution in [0.3, 0.4) is 0 Å². The fourth-order valence-corrected chi connectivity index (χ4v) is 4.57. The molecule has 2 atom stereocenters. The predicted octanol–water partition coefficient (Wildman–Crippen LogP) is 2.07. The Hall–Kier alpha value is -2.41. The monoisotopic (exact) mass is 423 g/mol. The van der Waals surface area contributed by atoms with Crippen LogP contribution in [0.5, 0.6) is 5.75 Å². The molecule has 0 unspecified atom stereocenters. The molecule has 6 heteroatoms. The summed E-state index contributed by atoms with van der Waals surface area (Å²) in [5, 5.41) is 16.6. The van der Waals surface area contributed by atoms with Crippen LogP contribution in [0.4, 0.5) is 0 Å². The molecule has 0 aromatic heterocycles. The van der Waals surface area contributed by atoms with E-state index in [2.05, 4.69) is 45.9 Å². The van der Waals surface area contributed by atoms with Crippen LogP contribution >= 0.6 is 0 Å². The number of amides is 1. The number of aliphatic hydroxyl groups excluding tert-OH is 1. The molecule has 0 spiro atoms. The number of carbonyl (C=O) groups is 1. The van der Waals surface area contributed by atoms with Crippen LogP contribution in [0.2, 0.25) is 0 Å². The third kappa shape index (κ3) is 6.06. The van der Waals surface area contributed by atoms with Crippen molar-refractivity contribution in [3.8, 4) is 5.75 Å².